The maximum Gasteiger partial charge on any atom is 0.240 e. The molecule has 0 amide bonds. The maximum absolute atomic E-state index is 10.1. The molecule has 23 heavy (non-hydrogen) atoms. The van der Waals surface area contributed by atoms with Crippen LogP contribution in [0.1, 0.15) is 18.7 Å². The summed E-state index contributed by atoms with van der Waals surface area (Å²) in [7, 11) is 0. The van der Waals surface area contributed by atoms with Gasteiger partial charge in [0.1, 0.15) is 12.7 Å². The lowest BCUT2D eigenvalue weighted by atomic mass is 9.99. The number of anilines is 1. The minimum absolute atomic E-state index is 0.0998. The normalized spacial score (nSPS) is 12.9. The highest BCUT2D eigenvalue weighted by Gasteiger charge is 2.20. The molecule has 0 saturated heterocycles. The first kappa shape index (κ1) is 17.6. The molecule has 126 valence electrons. The molecule has 0 aliphatic carbocycles. The summed E-state index contributed by atoms with van der Waals surface area (Å²) in [6.45, 7) is 4.81. The molecule has 0 radical (unpaired) electrons. The van der Waals surface area contributed by atoms with Crippen molar-refractivity contribution in [3.63, 3.8) is 0 Å². The summed E-state index contributed by atoms with van der Waals surface area (Å²) in [4.78, 5) is 9.23. The molecule has 0 aliphatic heterocycles. The summed E-state index contributed by atoms with van der Waals surface area (Å²) in [5.41, 5.74) is 2.25. The van der Waals surface area contributed by atoms with Crippen LogP contribution in [0.15, 0.2) is 29.8 Å². The van der Waals surface area contributed by atoms with E-state index >= 15 is 0 Å². The molecule has 1 unspecified atom stereocenters. The second kappa shape index (κ2) is 8.21. The van der Waals surface area contributed by atoms with Gasteiger partial charge in [0.25, 0.3) is 0 Å². The Balaban J connectivity index is 1.74. The van der Waals surface area contributed by atoms with Crippen molar-refractivity contribution in [2.75, 3.05) is 18.6 Å². The number of thiophene rings is 1. The highest BCUT2D eigenvalue weighted by Crippen LogP contribution is 2.17. The number of aromatic nitrogens is 2. The molecule has 2 rings (SSSR count). The van der Waals surface area contributed by atoms with Crippen LogP contribution in [0.5, 0.6) is 5.88 Å². The molecule has 8 heteroatoms. The van der Waals surface area contributed by atoms with Gasteiger partial charge in [0.05, 0.1) is 0 Å². The van der Waals surface area contributed by atoms with Crippen LogP contribution in [-0.2, 0) is 6.42 Å². The van der Waals surface area contributed by atoms with E-state index in [9.17, 15) is 5.11 Å². The van der Waals surface area contributed by atoms with Crippen LogP contribution >= 0.6 is 11.3 Å². The fourth-order valence-corrected chi connectivity index (χ4v) is 2.97. The highest BCUT2D eigenvalue weighted by atomic mass is 32.1. The molecular weight excluding hydrogens is 314 g/mol. The average Bonchev–Trinajstić information content (AvgIpc) is 3.03. The van der Waals surface area contributed by atoms with E-state index in [0.29, 0.717) is 12.4 Å². The zero-order valence-electron chi connectivity index (χ0n) is 13.3. The number of rotatable bonds is 9. The van der Waals surface area contributed by atoms with Gasteiger partial charge in [-0.1, -0.05) is 6.07 Å². The third-order valence-electron chi connectivity index (χ3n) is 3.20. The van der Waals surface area contributed by atoms with Crippen molar-refractivity contribution in [1.29, 1.82) is 0 Å². The fourth-order valence-electron chi connectivity index (χ4n) is 2.04. The Morgan fingerprint density at radius 3 is 2.96 bits per heavy atom. The molecular formula is C15H23N5O2S. The van der Waals surface area contributed by atoms with Crippen molar-refractivity contribution in [3.8, 4) is 5.88 Å². The Hall–Kier alpha value is -1.74. The second-order valence-corrected chi connectivity index (χ2v) is 6.88. The second-order valence-electron chi connectivity index (χ2n) is 5.85. The quantitative estimate of drug-likeness (QED) is 0.402. The molecule has 0 saturated carbocycles. The zero-order valence-corrected chi connectivity index (χ0v) is 14.1. The van der Waals surface area contributed by atoms with Gasteiger partial charge in [0, 0.05) is 29.2 Å². The van der Waals surface area contributed by atoms with Crippen molar-refractivity contribution in [2.24, 2.45) is 5.84 Å². The van der Waals surface area contributed by atoms with Gasteiger partial charge >= 0.3 is 0 Å². The number of nitrogens with one attached hydrogen (secondary N) is 2. The molecule has 2 heterocycles. The number of β-amino-alcohol motifs (C(OH)–C–C–N with tert-alkyl or cyclic N) is 1. The average molecular weight is 337 g/mol. The number of nitrogens with two attached hydrogens (primary N) is 1. The molecule has 1 atom stereocenters. The van der Waals surface area contributed by atoms with Crippen LogP contribution in [-0.4, -0.2) is 39.9 Å². The number of hydrogen-bond donors (Lipinski definition) is 4. The molecule has 2 aromatic rings. The number of nitrogens with zero attached hydrogens (tertiary/aromatic N) is 2. The molecule has 0 aromatic carbocycles. The smallest absolute Gasteiger partial charge is 0.240 e. The van der Waals surface area contributed by atoms with Crippen LogP contribution in [0, 0.1) is 0 Å². The Morgan fingerprint density at radius 1 is 1.43 bits per heavy atom. The topological polar surface area (TPSA) is 105 Å². The van der Waals surface area contributed by atoms with Gasteiger partial charge in [-0.3, -0.25) is 5.43 Å². The van der Waals surface area contributed by atoms with Crippen molar-refractivity contribution in [1.82, 2.24) is 15.3 Å². The molecule has 7 nitrogen and oxygen atoms in total. The summed E-state index contributed by atoms with van der Waals surface area (Å²) in [6, 6.07) is 5.78. The van der Waals surface area contributed by atoms with E-state index in [4.69, 9.17) is 10.6 Å². The molecule has 0 bridgehead atoms. The van der Waals surface area contributed by atoms with E-state index in [1.807, 2.05) is 6.07 Å². The number of ether oxygens (including phenoxy) is 1. The molecule has 0 fully saturated rings. The van der Waals surface area contributed by atoms with Gasteiger partial charge in [0.15, 0.2) is 0 Å². The molecule has 5 N–H and O–H groups in total. The molecule has 0 spiro atoms. The first-order valence-corrected chi connectivity index (χ1v) is 8.24. The van der Waals surface area contributed by atoms with E-state index in [1.54, 1.807) is 17.4 Å². The fraction of sp³-hybridized carbons (Fsp3) is 0.467. The van der Waals surface area contributed by atoms with Crippen molar-refractivity contribution >= 4 is 17.3 Å². The summed E-state index contributed by atoms with van der Waals surface area (Å²) in [6.07, 6.45) is 1.81. The Bertz CT molecular complexity index is 591. The number of aliphatic hydroxyl groups is 1. The highest BCUT2D eigenvalue weighted by molar-refractivity contribution is 7.09. The zero-order chi connectivity index (χ0) is 16.7. The third-order valence-corrected chi connectivity index (χ3v) is 4.07. The van der Waals surface area contributed by atoms with Crippen LogP contribution in [0.2, 0.25) is 0 Å². The summed E-state index contributed by atoms with van der Waals surface area (Å²) in [5.74, 6) is 5.87. The Labute approximate surface area is 139 Å². The van der Waals surface area contributed by atoms with Crippen LogP contribution in [0.25, 0.3) is 0 Å². The number of hydrogen-bond acceptors (Lipinski definition) is 8. The number of nitrogen functional groups attached to an aromatic ring is 1. The van der Waals surface area contributed by atoms with Crippen molar-refractivity contribution in [3.05, 3.63) is 34.7 Å². The number of aliphatic hydroxyl groups excluding tert-OH is 1. The lowest BCUT2D eigenvalue weighted by molar-refractivity contribution is 0.0966. The third kappa shape index (κ3) is 6.11. The Kier molecular flexibility index (Phi) is 6.28. The van der Waals surface area contributed by atoms with Crippen LogP contribution in [0.3, 0.4) is 0 Å². The largest absolute Gasteiger partial charge is 0.475 e. The minimum Gasteiger partial charge on any atom is -0.475 e. The maximum atomic E-state index is 10.1. The predicted octanol–water partition coefficient (Wildman–Crippen LogP) is 1.17. The van der Waals surface area contributed by atoms with Gasteiger partial charge in [-0.15, -0.1) is 11.3 Å². The van der Waals surface area contributed by atoms with Crippen molar-refractivity contribution < 1.29 is 9.84 Å². The van der Waals surface area contributed by atoms with Crippen molar-refractivity contribution in [2.45, 2.75) is 31.9 Å². The van der Waals surface area contributed by atoms with E-state index < -0.39 is 6.10 Å². The van der Waals surface area contributed by atoms with Gasteiger partial charge in [0.2, 0.25) is 11.8 Å². The van der Waals surface area contributed by atoms with Gasteiger partial charge in [-0.25, -0.2) is 10.8 Å². The van der Waals surface area contributed by atoms with Gasteiger partial charge < -0.3 is 15.2 Å². The SMILES string of the molecule is CC(C)(Cc1cccs1)NCC(O)COc1ccnc(NN)n1. The summed E-state index contributed by atoms with van der Waals surface area (Å²) >= 11 is 1.74. The van der Waals surface area contributed by atoms with Gasteiger partial charge in [-0.2, -0.15) is 4.98 Å². The van der Waals surface area contributed by atoms with Crippen LogP contribution in [0.4, 0.5) is 5.95 Å². The predicted molar refractivity (Wildman–Crippen MR) is 91.4 cm³/mol. The number of hydrazine groups is 1. The Morgan fingerprint density at radius 2 is 2.26 bits per heavy atom. The molecule has 0 aliphatic rings. The van der Waals surface area contributed by atoms with E-state index in [2.05, 4.69) is 46.0 Å². The van der Waals surface area contributed by atoms with Crippen LogP contribution < -0.4 is 21.3 Å². The summed E-state index contributed by atoms with van der Waals surface area (Å²) < 4.78 is 5.45. The van der Waals surface area contributed by atoms with E-state index in [-0.39, 0.29) is 18.1 Å². The van der Waals surface area contributed by atoms with E-state index in [1.165, 1.54) is 11.1 Å². The lowest BCUT2D eigenvalue weighted by Gasteiger charge is -2.27. The first-order chi connectivity index (χ1) is 11.0. The monoisotopic (exact) mass is 337 g/mol. The lowest BCUT2D eigenvalue weighted by Crippen LogP contribution is -2.46. The van der Waals surface area contributed by atoms with Gasteiger partial charge in [-0.05, 0) is 31.7 Å². The molecule has 2 aromatic heterocycles. The minimum atomic E-state index is -0.637. The first-order valence-electron chi connectivity index (χ1n) is 7.36. The van der Waals surface area contributed by atoms with E-state index in [0.717, 1.165) is 6.42 Å². The summed E-state index contributed by atoms with van der Waals surface area (Å²) in [5, 5.41) is 15.5. The standard InChI is InChI=1S/C15H23N5O2S/c1-15(2,8-12-4-3-7-23-12)18-9-11(21)10-22-13-5-6-17-14(19-13)20-16/h3-7,11,18,21H,8-10,16H2,1-2H3,(H,17,19,20).